The summed E-state index contributed by atoms with van der Waals surface area (Å²) in [5.41, 5.74) is 0.948. The molecule has 23 heavy (non-hydrogen) atoms. The number of likely N-dealkylation sites (tertiary alicyclic amines) is 1. The fraction of sp³-hybridized carbons (Fsp3) is 0.667. The molecule has 1 saturated heterocycles. The van der Waals surface area contributed by atoms with E-state index in [2.05, 4.69) is 10.3 Å². The van der Waals surface area contributed by atoms with Crippen LogP contribution in [-0.4, -0.2) is 41.2 Å². The highest BCUT2D eigenvalue weighted by Gasteiger charge is 2.29. The Labute approximate surface area is 138 Å². The normalized spacial score (nSPS) is 22.7. The molecule has 1 saturated carbocycles. The van der Waals surface area contributed by atoms with Crippen molar-refractivity contribution in [3.05, 3.63) is 23.9 Å². The molecule has 1 atom stereocenters. The van der Waals surface area contributed by atoms with E-state index in [4.69, 9.17) is 4.74 Å². The number of rotatable bonds is 3. The minimum atomic E-state index is 0.0455. The summed E-state index contributed by atoms with van der Waals surface area (Å²) >= 11 is 0. The van der Waals surface area contributed by atoms with Gasteiger partial charge in [0.15, 0.2) is 0 Å². The van der Waals surface area contributed by atoms with Crippen molar-refractivity contribution < 1.29 is 9.53 Å². The van der Waals surface area contributed by atoms with Crippen LogP contribution in [0.4, 0.5) is 4.79 Å². The second-order valence-corrected chi connectivity index (χ2v) is 6.73. The van der Waals surface area contributed by atoms with Gasteiger partial charge in [0.1, 0.15) is 6.10 Å². The maximum atomic E-state index is 12.4. The molecule has 1 aromatic heterocycles. The summed E-state index contributed by atoms with van der Waals surface area (Å²) in [5, 5.41) is 3.21. The molecule has 0 aromatic carbocycles. The average molecular weight is 317 g/mol. The first-order valence-electron chi connectivity index (χ1n) is 8.86. The van der Waals surface area contributed by atoms with Gasteiger partial charge in [-0.3, -0.25) is 0 Å². The van der Waals surface area contributed by atoms with Crippen LogP contribution in [0.15, 0.2) is 18.2 Å². The zero-order valence-corrected chi connectivity index (χ0v) is 14.0. The Hall–Kier alpha value is -1.78. The monoisotopic (exact) mass is 317 g/mol. The summed E-state index contributed by atoms with van der Waals surface area (Å²) in [4.78, 5) is 18.7. The highest BCUT2D eigenvalue weighted by molar-refractivity contribution is 5.74. The van der Waals surface area contributed by atoms with Crippen molar-refractivity contribution in [3.63, 3.8) is 0 Å². The number of urea groups is 1. The molecule has 2 aliphatic rings. The second-order valence-electron chi connectivity index (χ2n) is 6.73. The summed E-state index contributed by atoms with van der Waals surface area (Å²) in [6.07, 6.45) is 8.22. The van der Waals surface area contributed by atoms with Gasteiger partial charge >= 0.3 is 6.03 Å². The highest BCUT2D eigenvalue weighted by atomic mass is 16.5. The number of nitrogens with one attached hydrogen (secondary N) is 1. The van der Waals surface area contributed by atoms with Gasteiger partial charge in [0, 0.05) is 30.8 Å². The number of carbonyl (C=O) groups excluding carboxylic acids is 1. The molecule has 126 valence electrons. The smallest absolute Gasteiger partial charge is 0.317 e. The van der Waals surface area contributed by atoms with Crippen LogP contribution in [0, 0.1) is 6.92 Å². The van der Waals surface area contributed by atoms with Crippen molar-refractivity contribution in [2.45, 2.75) is 64.0 Å². The second kappa shape index (κ2) is 7.66. The van der Waals surface area contributed by atoms with Gasteiger partial charge in [-0.25, -0.2) is 9.78 Å². The van der Waals surface area contributed by atoms with E-state index >= 15 is 0 Å². The van der Waals surface area contributed by atoms with Crippen LogP contribution < -0.4 is 10.1 Å². The van der Waals surface area contributed by atoms with Crippen LogP contribution in [0.5, 0.6) is 5.88 Å². The number of pyridine rings is 1. The zero-order chi connectivity index (χ0) is 16.1. The van der Waals surface area contributed by atoms with E-state index < -0.39 is 0 Å². The van der Waals surface area contributed by atoms with Crippen molar-refractivity contribution >= 4 is 6.03 Å². The maximum Gasteiger partial charge on any atom is 0.317 e. The Kier molecular flexibility index (Phi) is 5.36. The molecule has 1 aliphatic carbocycles. The number of aromatic nitrogens is 1. The maximum absolute atomic E-state index is 12.4. The molecule has 0 spiro atoms. The van der Waals surface area contributed by atoms with Crippen LogP contribution in [-0.2, 0) is 0 Å². The summed E-state index contributed by atoms with van der Waals surface area (Å²) in [5.74, 6) is 0.654. The van der Waals surface area contributed by atoms with Crippen molar-refractivity contribution in [1.29, 1.82) is 0 Å². The van der Waals surface area contributed by atoms with Gasteiger partial charge in [-0.15, -0.1) is 0 Å². The summed E-state index contributed by atoms with van der Waals surface area (Å²) < 4.78 is 5.91. The Bertz CT molecular complexity index is 527. The Morgan fingerprint density at radius 1 is 1.22 bits per heavy atom. The minimum absolute atomic E-state index is 0.0455. The van der Waals surface area contributed by atoms with E-state index in [1.807, 2.05) is 30.0 Å². The fourth-order valence-corrected chi connectivity index (χ4v) is 3.45. The predicted octanol–water partition coefficient (Wildman–Crippen LogP) is 3.28. The molecule has 3 rings (SSSR count). The van der Waals surface area contributed by atoms with Crippen molar-refractivity contribution in [1.82, 2.24) is 15.2 Å². The quantitative estimate of drug-likeness (QED) is 0.871. The van der Waals surface area contributed by atoms with Crippen molar-refractivity contribution in [2.24, 2.45) is 0 Å². The first-order chi connectivity index (χ1) is 11.2. The third-order valence-corrected chi connectivity index (χ3v) is 4.77. The van der Waals surface area contributed by atoms with E-state index in [1.165, 1.54) is 25.7 Å². The van der Waals surface area contributed by atoms with E-state index in [0.717, 1.165) is 31.5 Å². The van der Waals surface area contributed by atoms with Crippen LogP contribution in [0.1, 0.15) is 50.6 Å². The van der Waals surface area contributed by atoms with E-state index in [1.54, 1.807) is 0 Å². The largest absolute Gasteiger partial charge is 0.472 e. The molecule has 0 radical (unpaired) electrons. The molecule has 5 heteroatoms. The number of carbonyl (C=O) groups is 1. The lowest BCUT2D eigenvalue weighted by molar-refractivity contribution is 0.180. The van der Waals surface area contributed by atoms with Gasteiger partial charge in [-0.1, -0.05) is 31.7 Å². The minimum Gasteiger partial charge on any atom is -0.472 e. The summed E-state index contributed by atoms with van der Waals surface area (Å²) in [7, 11) is 0. The third-order valence-electron chi connectivity index (χ3n) is 4.77. The number of aryl methyl sites for hydroxylation is 1. The van der Waals surface area contributed by atoms with E-state index in [0.29, 0.717) is 18.5 Å². The Balaban J connectivity index is 1.47. The van der Waals surface area contributed by atoms with Crippen LogP contribution in [0.25, 0.3) is 0 Å². The first-order valence-corrected chi connectivity index (χ1v) is 8.86. The predicted molar refractivity (Wildman–Crippen MR) is 89.6 cm³/mol. The number of hydrogen-bond acceptors (Lipinski definition) is 3. The third kappa shape index (κ3) is 4.60. The van der Waals surface area contributed by atoms with Gasteiger partial charge in [0.05, 0.1) is 6.54 Å². The lowest BCUT2D eigenvalue weighted by Gasteiger charge is -2.22. The number of ether oxygens (including phenoxy) is 1. The molecule has 2 heterocycles. The van der Waals surface area contributed by atoms with Gasteiger partial charge in [0.25, 0.3) is 0 Å². The molecule has 1 aliphatic heterocycles. The molecule has 1 N–H and O–H groups in total. The molecule has 2 amide bonds. The lowest BCUT2D eigenvalue weighted by atomic mass is 10.1. The topological polar surface area (TPSA) is 54.5 Å². The molecule has 0 bridgehead atoms. The zero-order valence-electron chi connectivity index (χ0n) is 14.0. The summed E-state index contributed by atoms with van der Waals surface area (Å²) in [6.45, 7) is 3.36. The Morgan fingerprint density at radius 2 is 2.00 bits per heavy atom. The number of hydrogen-bond donors (Lipinski definition) is 1. The van der Waals surface area contributed by atoms with E-state index in [9.17, 15) is 4.79 Å². The van der Waals surface area contributed by atoms with Crippen LogP contribution in [0.3, 0.4) is 0 Å². The van der Waals surface area contributed by atoms with Crippen LogP contribution in [0.2, 0.25) is 0 Å². The van der Waals surface area contributed by atoms with Gasteiger partial charge < -0.3 is 15.0 Å². The molecule has 1 aromatic rings. The standard InChI is InChI=1S/C18H27N3O2/c1-14-7-6-10-17(19-14)23-16-11-12-21(13-16)18(22)20-15-8-4-2-3-5-9-15/h6-7,10,15-16H,2-5,8-9,11-13H2,1H3,(H,20,22). The fourth-order valence-electron chi connectivity index (χ4n) is 3.45. The first kappa shape index (κ1) is 16.1. The highest BCUT2D eigenvalue weighted by Crippen LogP contribution is 2.19. The average Bonchev–Trinajstić information content (AvgIpc) is 2.84. The van der Waals surface area contributed by atoms with Crippen molar-refractivity contribution in [2.75, 3.05) is 13.1 Å². The molecule has 5 nitrogen and oxygen atoms in total. The van der Waals surface area contributed by atoms with E-state index in [-0.39, 0.29) is 12.1 Å². The van der Waals surface area contributed by atoms with Gasteiger partial charge in [-0.2, -0.15) is 0 Å². The SMILES string of the molecule is Cc1cccc(OC2CCN(C(=O)NC3CCCCCC3)C2)n1. The molecule has 2 fully saturated rings. The molecule has 1 unspecified atom stereocenters. The lowest BCUT2D eigenvalue weighted by Crippen LogP contribution is -2.44. The van der Waals surface area contributed by atoms with Gasteiger partial charge in [-0.05, 0) is 25.8 Å². The Morgan fingerprint density at radius 3 is 2.74 bits per heavy atom. The summed E-state index contributed by atoms with van der Waals surface area (Å²) in [6, 6.07) is 6.20. The number of amides is 2. The van der Waals surface area contributed by atoms with Crippen molar-refractivity contribution in [3.8, 4) is 5.88 Å². The van der Waals surface area contributed by atoms with Gasteiger partial charge in [0.2, 0.25) is 5.88 Å². The molecular weight excluding hydrogens is 290 g/mol. The number of nitrogens with zero attached hydrogens (tertiary/aromatic N) is 2. The van der Waals surface area contributed by atoms with Crippen LogP contribution >= 0.6 is 0 Å². The molecular formula is C18H27N3O2.